The van der Waals surface area contributed by atoms with Gasteiger partial charge in [-0.2, -0.15) is 0 Å². The predicted molar refractivity (Wildman–Crippen MR) is 76.9 cm³/mol. The highest BCUT2D eigenvalue weighted by Crippen LogP contribution is 2.16. The van der Waals surface area contributed by atoms with Gasteiger partial charge in [-0.3, -0.25) is 4.90 Å². The van der Waals surface area contributed by atoms with Crippen LogP contribution in [0.2, 0.25) is 0 Å². The first kappa shape index (κ1) is 14.8. The summed E-state index contributed by atoms with van der Waals surface area (Å²) in [5.41, 5.74) is 1.12. The standard InChI is InChI=1S/C15H22FN3O/c1-17-15(20)18-14-4-2-3-10-19(14)11-9-12-5-7-13(16)8-6-12/h5-8,14H,2-4,9-11H2,1H3,(H2,17,18,20). The Bertz CT molecular complexity index is 435. The van der Waals surface area contributed by atoms with E-state index in [-0.39, 0.29) is 18.0 Å². The molecule has 0 aliphatic carbocycles. The number of carbonyl (C=O) groups is 1. The van der Waals surface area contributed by atoms with Gasteiger partial charge in [-0.05, 0) is 43.4 Å². The first-order valence-electron chi connectivity index (χ1n) is 7.16. The second kappa shape index (κ2) is 7.24. The number of halogens is 1. The van der Waals surface area contributed by atoms with Crippen LogP contribution in [-0.4, -0.2) is 37.2 Å². The lowest BCUT2D eigenvalue weighted by Crippen LogP contribution is -2.53. The molecule has 1 fully saturated rings. The lowest BCUT2D eigenvalue weighted by molar-refractivity contribution is 0.126. The SMILES string of the molecule is CNC(=O)NC1CCCCN1CCc1ccc(F)cc1. The van der Waals surface area contributed by atoms with Gasteiger partial charge >= 0.3 is 6.03 Å². The molecule has 0 radical (unpaired) electrons. The summed E-state index contributed by atoms with van der Waals surface area (Å²) in [6.45, 7) is 1.87. The molecule has 5 heteroatoms. The van der Waals surface area contributed by atoms with Gasteiger partial charge in [-0.1, -0.05) is 12.1 Å². The molecule has 0 spiro atoms. The van der Waals surface area contributed by atoms with Crippen molar-refractivity contribution in [1.82, 2.24) is 15.5 Å². The van der Waals surface area contributed by atoms with E-state index in [1.807, 2.05) is 12.1 Å². The lowest BCUT2D eigenvalue weighted by atomic mass is 10.1. The zero-order valence-corrected chi connectivity index (χ0v) is 11.9. The Kier molecular flexibility index (Phi) is 5.35. The van der Waals surface area contributed by atoms with Crippen LogP contribution in [0.5, 0.6) is 0 Å². The Morgan fingerprint density at radius 3 is 2.80 bits per heavy atom. The van der Waals surface area contributed by atoms with E-state index in [4.69, 9.17) is 0 Å². The number of likely N-dealkylation sites (tertiary alicyclic amines) is 1. The monoisotopic (exact) mass is 279 g/mol. The second-order valence-corrected chi connectivity index (χ2v) is 5.15. The van der Waals surface area contributed by atoms with Gasteiger partial charge in [0.1, 0.15) is 5.82 Å². The van der Waals surface area contributed by atoms with E-state index >= 15 is 0 Å². The summed E-state index contributed by atoms with van der Waals surface area (Å²) in [7, 11) is 1.63. The Morgan fingerprint density at radius 2 is 2.10 bits per heavy atom. The minimum Gasteiger partial charge on any atom is -0.341 e. The van der Waals surface area contributed by atoms with Crippen molar-refractivity contribution in [1.29, 1.82) is 0 Å². The topological polar surface area (TPSA) is 44.4 Å². The Hall–Kier alpha value is -1.62. The molecule has 1 atom stereocenters. The van der Waals surface area contributed by atoms with Gasteiger partial charge in [0.15, 0.2) is 0 Å². The maximum absolute atomic E-state index is 12.9. The molecular weight excluding hydrogens is 257 g/mol. The van der Waals surface area contributed by atoms with Gasteiger partial charge in [0, 0.05) is 20.1 Å². The Balaban J connectivity index is 1.88. The summed E-state index contributed by atoms with van der Waals surface area (Å²) in [5.74, 6) is -0.203. The van der Waals surface area contributed by atoms with Gasteiger partial charge in [0.25, 0.3) is 0 Å². The molecule has 1 aromatic rings. The van der Waals surface area contributed by atoms with Crippen molar-refractivity contribution < 1.29 is 9.18 Å². The summed E-state index contributed by atoms with van der Waals surface area (Å²) in [6.07, 6.45) is 4.25. The normalized spacial score (nSPS) is 19.6. The molecule has 1 heterocycles. The Morgan fingerprint density at radius 1 is 1.35 bits per heavy atom. The fourth-order valence-electron chi connectivity index (χ4n) is 2.57. The average Bonchev–Trinajstić information content (AvgIpc) is 2.48. The molecule has 1 aliphatic rings. The molecular formula is C15H22FN3O. The van der Waals surface area contributed by atoms with Crippen molar-refractivity contribution >= 4 is 6.03 Å². The number of carbonyl (C=O) groups excluding carboxylic acids is 1. The van der Waals surface area contributed by atoms with E-state index in [1.54, 1.807) is 7.05 Å². The smallest absolute Gasteiger partial charge is 0.315 e. The third-order valence-corrected chi connectivity index (χ3v) is 3.74. The summed E-state index contributed by atoms with van der Waals surface area (Å²) in [4.78, 5) is 13.7. The summed E-state index contributed by atoms with van der Waals surface area (Å²) < 4.78 is 12.9. The zero-order valence-electron chi connectivity index (χ0n) is 11.9. The molecule has 1 aromatic carbocycles. The molecule has 1 saturated heterocycles. The van der Waals surface area contributed by atoms with E-state index < -0.39 is 0 Å². The van der Waals surface area contributed by atoms with Crippen molar-refractivity contribution in [2.75, 3.05) is 20.1 Å². The van der Waals surface area contributed by atoms with E-state index in [0.29, 0.717) is 0 Å². The Labute approximate surface area is 119 Å². The van der Waals surface area contributed by atoms with Crippen LogP contribution >= 0.6 is 0 Å². The van der Waals surface area contributed by atoms with Gasteiger partial charge < -0.3 is 10.6 Å². The molecule has 2 N–H and O–H groups in total. The number of nitrogens with one attached hydrogen (secondary N) is 2. The maximum atomic E-state index is 12.9. The van der Waals surface area contributed by atoms with Crippen LogP contribution in [0.1, 0.15) is 24.8 Å². The fourth-order valence-corrected chi connectivity index (χ4v) is 2.57. The number of urea groups is 1. The highest BCUT2D eigenvalue weighted by molar-refractivity contribution is 5.73. The molecule has 110 valence electrons. The van der Waals surface area contributed by atoms with Gasteiger partial charge in [-0.15, -0.1) is 0 Å². The van der Waals surface area contributed by atoms with E-state index in [2.05, 4.69) is 15.5 Å². The quantitative estimate of drug-likeness (QED) is 0.886. The van der Waals surface area contributed by atoms with Crippen LogP contribution in [0, 0.1) is 5.82 Å². The minimum absolute atomic E-state index is 0.101. The molecule has 0 aromatic heterocycles. The van der Waals surface area contributed by atoms with Gasteiger partial charge in [0.2, 0.25) is 0 Å². The van der Waals surface area contributed by atoms with Crippen LogP contribution in [0.3, 0.4) is 0 Å². The molecule has 2 amide bonds. The van der Waals surface area contributed by atoms with Crippen LogP contribution < -0.4 is 10.6 Å². The third-order valence-electron chi connectivity index (χ3n) is 3.74. The highest BCUT2D eigenvalue weighted by Gasteiger charge is 2.23. The number of hydrogen-bond donors (Lipinski definition) is 2. The van der Waals surface area contributed by atoms with Crippen LogP contribution in [0.15, 0.2) is 24.3 Å². The van der Waals surface area contributed by atoms with E-state index in [1.165, 1.54) is 12.1 Å². The first-order valence-corrected chi connectivity index (χ1v) is 7.16. The lowest BCUT2D eigenvalue weighted by Gasteiger charge is -2.36. The molecule has 20 heavy (non-hydrogen) atoms. The largest absolute Gasteiger partial charge is 0.341 e. The molecule has 1 aliphatic heterocycles. The van der Waals surface area contributed by atoms with Crippen molar-refractivity contribution in [2.24, 2.45) is 0 Å². The predicted octanol–water partition coefficient (Wildman–Crippen LogP) is 2.11. The molecule has 1 unspecified atom stereocenters. The number of piperidine rings is 1. The summed E-state index contributed by atoms with van der Waals surface area (Å²) >= 11 is 0. The van der Waals surface area contributed by atoms with Crippen LogP contribution in [-0.2, 0) is 6.42 Å². The summed E-state index contributed by atoms with van der Waals surface area (Å²) in [5, 5.41) is 5.57. The number of rotatable bonds is 4. The molecule has 0 bridgehead atoms. The maximum Gasteiger partial charge on any atom is 0.315 e. The minimum atomic E-state index is -0.203. The number of nitrogens with zero attached hydrogens (tertiary/aromatic N) is 1. The number of amides is 2. The second-order valence-electron chi connectivity index (χ2n) is 5.15. The first-order chi connectivity index (χ1) is 9.69. The van der Waals surface area contributed by atoms with Gasteiger partial charge in [-0.25, -0.2) is 9.18 Å². The van der Waals surface area contributed by atoms with Crippen molar-refractivity contribution in [2.45, 2.75) is 31.8 Å². The number of hydrogen-bond acceptors (Lipinski definition) is 2. The fraction of sp³-hybridized carbons (Fsp3) is 0.533. The third kappa shape index (κ3) is 4.20. The average molecular weight is 279 g/mol. The van der Waals surface area contributed by atoms with Crippen LogP contribution in [0.25, 0.3) is 0 Å². The zero-order chi connectivity index (χ0) is 14.4. The van der Waals surface area contributed by atoms with Crippen LogP contribution in [0.4, 0.5) is 9.18 Å². The van der Waals surface area contributed by atoms with E-state index in [0.717, 1.165) is 44.3 Å². The van der Waals surface area contributed by atoms with Gasteiger partial charge in [0.05, 0.1) is 6.17 Å². The molecule has 4 nitrogen and oxygen atoms in total. The summed E-state index contributed by atoms with van der Waals surface area (Å²) in [6, 6.07) is 6.49. The highest BCUT2D eigenvalue weighted by atomic mass is 19.1. The van der Waals surface area contributed by atoms with Crippen molar-refractivity contribution in [3.63, 3.8) is 0 Å². The van der Waals surface area contributed by atoms with Crippen molar-refractivity contribution in [3.8, 4) is 0 Å². The van der Waals surface area contributed by atoms with E-state index in [9.17, 15) is 9.18 Å². The molecule has 0 saturated carbocycles. The molecule has 2 rings (SSSR count). The number of benzene rings is 1. The van der Waals surface area contributed by atoms with Crippen molar-refractivity contribution in [3.05, 3.63) is 35.6 Å².